The van der Waals surface area contributed by atoms with Gasteiger partial charge in [-0.05, 0) is 32.9 Å². The van der Waals surface area contributed by atoms with Gasteiger partial charge >= 0.3 is 0 Å². The molecule has 0 aliphatic rings. The van der Waals surface area contributed by atoms with Gasteiger partial charge in [0, 0.05) is 16.9 Å². The molecular weight excluding hydrogens is 199 g/mol. The van der Waals surface area contributed by atoms with Crippen molar-refractivity contribution in [3.05, 3.63) is 23.4 Å². The first-order valence-electron chi connectivity index (χ1n) is 5.01. The highest BCUT2D eigenvalue weighted by molar-refractivity contribution is 6.33. The van der Waals surface area contributed by atoms with E-state index in [2.05, 4.69) is 4.98 Å². The van der Waals surface area contributed by atoms with E-state index in [0.717, 1.165) is 11.1 Å². The molecule has 1 aromatic heterocycles. The van der Waals surface area contributed by atoms with Gasteiger partial charge < -0.3 is 10.1 Å². The molecular formula is C12H15BN2O. The lowest BCUT2D eigenvalue weighted by Gasteiger charge is -2.11. The molecule has 0 fully saturated rings. The molecule has 1 heterocycles. The van der Waals surface area contributed by atoms with E-state index in [0.29, 0.717) is 22.7 Å². The highest BCUT2D eigenvalue weighted by Crippen LogP contribution is 2.18. The number of allylic oxidation sites excluding steroid dienone is 2. The van der Waals surface area contributed by atoms with Crippen LogP contribution in [0.3, 0.4) is 0 Å². The van der Waals surface area contributed by atoms with Crippen LogP contribution in [0.25, 0.3) is 5.57 Å². The minimum absolute atomic E-state index is 0.347. The van der Waals surface area contributed by atoms with E-state index in [1.54, 1.807) is 20.1 Å². The van der Waals surface area contributed by atoms with E-state index in [1.165, 1.54) is 0 Å². The van der Waals surface area contributed by atoms with Crippen LogP contribution in [0.1, 0.15) is 26.5 Å². The second-order valence-corrected chi connectivity index (χ2v) is 3.78. The molecule has 0 aromatic carbocycles. The highest BCUT2D eigenvalue weighted by atomic mass is 16.5. The van der Waals surface area contributed by atoms with Crippen LogP contribution >= 0.6 is 0 Å². The number of pyridine rings is 1. The summed E-state index contributed by atoms with van der Waals surface area (Å²) in [5, 5.41) is 7.72. The van der Waals surface area contributed by atoms with Crippen molar-refractivity contribution in [2.45, 2.75) is 20.8 Å². The molecule has 0 unspecified atom stereocenters. The Morgan fingerprint density at radius 2 is 1.94 bits per heavy atom. The van der Waals surface area contributed by atoms with Crippen molar-refractivity contribution in [1.82, 2.24) is 4.98 Å². The van der Waals surface area contributed by atoms with Crippen molar-refractivity contribution in [2.24, 2.45) is 0 Å². The van der Waals surface area contributed by atoms with Crippen LogP contribution in [0, 0.1) is 5.41 Å². The molecule has 0 aliphatic heterocycles. The number of hydrogen-bond acceptors (Lipinski definition) is 3. The van der Waals surface area contributed by atoms with Crippen LogP contribution in [-0.2, 0) is 0 Å². The predicted octanol–water partition coefficient (Wildman–Crippen LogP) is 1.72. The third-order valence-electron chi connectivity index (χ3n) is 2.24. The van der Waals surface area contributed by atoms with Gasteiger partial charge in [-0.2, -0.15) is 0 Å². The van der Waals surface area contributed by atoms with Gasteiger partial charge in [0.2, 0.25) is 0 Å². The molecule has 0 spiro atoms. The number of methoxy groups -OCH3 is 1. The zero-order valence-electron chi connectivity index (χ0n) is 10.1. The number of nitrogens with zero attached hydrogens (tertiary/aromatic N) is 1. The maximum Gasteiger partial charge on any atom is 0.147 e. The fourth-order valence-corrected chi connectivity index (χ4v) is 1.60. The van der Waals surface area contributed by atoms with E-state index >= 15 is 0 Å². The summed E-state index contributed by atoms with van der Waals surface area (Å²) in [6.45, 7) is 5.65. The van der Waals surface area contributed by atoms with Crippen molar-refractivity contribution in [1.29, 1.82) is 5.41 Å². The minimum Gasteiger partial charge on any atom is -0.496 e. The fraction of sp³-hybridized carbons (Fsp3) is 0.333. The summed E-state index contributed by atoms with van der Waals surface area (Å²) in [5.74, 6) is 0.555. The smallest absolute Gasteiger partial charge is 0.147 e. The number of ether oxygens (including phenoxy) is 1. The van der Waals surface area contributed by atoms with Crippen molar-refractivity contribution in [2.75, 3.05) is 7.11 Å². The van der Waals surface area contributed by atoms with Gasteiger partial charge in [-0.3, -0.25) is 4.98 Å². The molecule has 2 radical (unpaired) electrons. The third kappa shape index (κ3) is 2.51. The fourth-order valence-electron chi connectivity index (χ4n) is 1.60. The Bertz CT molecular complexity index is 448. The zero-order valence-corrected chi connectivity index (χ0v) is 10.1. The largest absolute Gasteiger partial charge is 0.496 e. The van der Waals surface area contributed by atoms with Crippen molar-refractivity contribution in [3.63, 3.8) is 0 Å². The SMILES string of the molecule is [B]c1nc(C(C(C)=N)=C(C)C)ccc1OC. The van der Waals surface area contributed by atoms with E-state index in [9.17, 15) is 0 Å². The molecule has 3 nitrogen and oxygen atoms in total. The van der Waals surface area contributed by atoms with Crippen molar-refractivity contribution < 1.29 is 4.74 Å². The molecule has 16 heavy (non-hydrogen) atoms. The monoisotopic (exact) mass is 214 g/mol. The van der Waals surface area contributed by atoms with Gasteiger partial charge in [0.1, 0.15) is 13.6 Å². The van der Waals surface area contributed by atoms with E-state index in [-0.39, 0.29) is 0 Å². The Balaban J connectivity index is 3.29. The average molecular weight is 214 g/mol. The maximum atomic E-state index is 7.72. The van der Waals surface area contributed by atoms with Gasteiger partial charge in [0.25, 0.3) is 0 Å². The molecule has 0 aliphatic carbocycles. The number of nitrogens with one attached hydrogen (secondary N) is 1. The second kappa shape index (κ2) is 4.97. The summed E-state index contributed by atoms with van der Waals surface area (Å²) in [5.41, 5.74) is 3.42. The summed E-state index contributed by atoms with van der Waals surface area (Å²) in [6, 6.07) is 3.58. The Hall–Kier alpha value is -1.58. The molecule has 0 saturated carbocycles. The lowest BCUT2D eigenvalue weighted by molar-refractivity contribution is 0.417. The lowest BCUT2D eigenvalue weighted by atomic mass is 9.98. The quantitative estimate of drug-likeness (QED) is 0.615. The lowest BCUT2D eigenvalue weighted by Crippen LogP contribution is -2.15. The summed E-state index contributed by atoms with van der Waals surface area (Å²) >= 11 is 0. The first-order valence-corrected chi connectivity index (χ1v) is 5.01. The Morgan fingerprint density at radius 1 is 1.31 bits per heavy atom. The summed E-state index contributed by atoms with van der Waals surface area (Å²) in [7, 11) is 7.29. The Kier molecular flexibility index (Phi) is 3.88. The van der Waals surface area contributed by atoms with E-state index in [4.69, 9.17) is 18.0 Å². The standard InChI is InChI=1S/C12H15BN2O/c1-7(2)11(8(3)14)9-5-6-10(16-4)12(13)15-9/h5-6,14H,1-4H3. The van der Waals surface area contributed by atoms with Crippen LogP contribution in [0.2, 0.25) is 0 Å². The molecule has 1 rings (SSSR count). The van der Waals surface area contributed by atoms with Crippen LogP contribution in [0.4, 0.5) is 0 Å². The van der Waals surface area contributed by atoms with E-state index < -0.39 is 0 Å². The summed E-state index contributed by atoms with van der Waals surface area (Å²) in [4.78, 5) is 4.24. The van der Waals surface area contributed by atoms with Crippen LogP contribution in [0.15, 0.2) is 17.7 Å². The second-order valence-electron chi connectivity index (χ2n) is 3.78. The van der Waals surface area contributed by atoms with Crippen LogP contribution in [0.5, 0.6) is 5.75 Å². The first-order chi connectivity index (χ1) is 7.47. The molecule has 0 atom stereocenters. The molecule has 82 valence electrons. The summed E-state index contributed by atoms with van der Waals surface area (Å²) < 4.78 is 5.04. The van der Waals surface area contributed by atoms with Crippen molar-refractivity contribution in [3.8, 4) is 5.75 Å². The normalized spacial score (nSPS) is 9.75. The first kappa shape index (κ1) is 12.5. The Labute approximate surface area is 97.5 Å². The molecule has 0 amide bonds. The number of aromatic nitrogens is 1. The Morgan fingerprint density at radius 3 is 2.31 bits per heavy atom. The zero-order chi connectivity index (χ0) is 12.3. The topological polar surface area (TPSA) is 46.0 Å². The average Bonchev–Trinajstić information content (AvgIpc) is 2.16. The molecule has 0 bridgehead atoms. The number of hydrogen-bond donors (Lipinski definition) is 1. The van der Waals surface area contributed by atoms with Gasteiger partial charge in [-0.15, -0.1) is 0 Å². The van der Waals surface area contributed by atoms with Gasteiger partial charge in [0.15, 0.2) is 0 Å². The molecule has 0 saturated heterocycles. The van der Waals surface area contributed by atoms with Gasteiger partial charge in [-0.25, -0.2) is 0 Å². The van der Waals surface area contributed by atoms with Crippen molar-refractivity contribution >= 4 is 24.7 Å². The van der Waals surface area contributed by atoms with E-state index in [1.807, 2.05) is 19.9 Å². The maximum absolute atomic E-state index is 7.72. The molecule has 1 aromatic rings. The van der Waals surface area contributed by atoms with Crippen LogP contribution < -0.4 is 10.3 Å². The molecule has 1 N–H and O–H groups in total. The van der Waals surface area contributed by atoms with Crippen LogP contribution in [-0.4, -0.2) is 25.7 Å². The third-order valence-corrected chi connectivity index (χ3v) is 2.24. The number of rotatable bonds is 3. The van der Waals surface area contributed by atoms with Gasteiger partial charge in [0.05, 0.1) is 12.8 Å². The predicted molar refractivity (Wildman–Crippen MR) is 67.8 cm³/mol. The summed E-state index contributed by atoms with van der Waals surface area (Å²) in [6.07, 6.45) is 0. The highest BCUT2D eigenvalue weighted by Gasteiger charge is 2.09. The minimum atomic E-state index is 0.347. The van der Waals surface area contributed by atoms with Gasteiger partial charge in [-0.1, -0.05) is 5.57 Å². The molecule has 4 heteroatoms.